The Hall–Kier alpha value is -3.62. The lowest BCUT2D eigenvalue weighted by atomic mass is 9.74. The zero-order valence-electron chi connectivity index (χ0n) is 20.6. The van der Waals surface area contributed by atoms with Crippen LogP contribution in [0.5, 0.6) is 0 Å². The highest BCUT2D eigenvalue weighted by Gasteiger charge is 2.72. The molecule has 2 aromatic rings. The van der Waals surface area contributed by atoms with Gasteiger partial charge in [-0.15, -0.1) is 0 Å². The van der Waals surface area contributed by atoms with E-state index < -0.39 is 62.9 Å². The van der Waals surface area contributed by atoms with Gasteiger partial charge in [0.05, 0.1) is 18.4 Å². The van der Waals surface area contributed by atoms with Gasteiger partial charge >= 0.3 is 18.3 Å². The summed E-state index contributed by atoms with van der Waals surface area (Å²) in [5, 5.41) is 0. The first-order valence-corrected chi connectivity index (χ1v) is 12.9. The highest BCUT2D eigenvalue weighted by molar-refractivity contribution is 7.90. The minimum Gasteiger partial charge on any atom is -0.469 e. The summed E-state index contributed by atoms with van der Waals surface area (Å²) in [5.41, 5.74) is -2.54. The van der Waals surface area contributed by atoms with E-state index in [1.807, 2.05) is 0 Å². The van der Waals surface area contributed by atoms with Crippen molar-refractivity contribution in [1.82, 2.24) is 4.90 Å². The van der Waals surface area contributed by atoms with E-state index in [-0.39, 0.29) is 28.1 Å². The van der Waals surface area contributed by atoms with Crippen LogP contribution in [0.25, 0.3) is 0 Å². The minimum absolute atomic E-state index is 0.0258. The first-order valence-electron chi connectivity index (χ1n) is 11.0. The second kappa shape index (κ2) is 9.54. The number of fused-ring (bicyclic) bond motifs is 1. The van der Waals surface area contributed by atoms with Gasteiger partial charge in [0.25, 0.3) is 5.91 Å². The smallest absolute Gasteiger partial charge is 0.407 e. The summed E-state index contributed by atoms with van der Waals surface area (Å²) >= 11 is 0. The lowest BCUT2D eigenvalue weighted by molar-refractivity contribution is -0.304. The molecule has 0 bridgehead atoms. The molecule has 0 fully saturated rings. The van der Waals surface area contributed by atoms with Gasteiger partial charge in [0.15, 0.2) is 20.8 Å². The largest absolute Gasteiger partial charge is 0.469 e. The molecule has 0 saturated heterocycles. The van der Waals surface area contributed by atoms with Crippen LogP contribution in [0.3, 0.4) is 0 Å². The molecule has 0 spiro atoms. The summed E-state index contributed by atoms with van der Waals surface area (Å²) in [7, 11) is -3.08. The summed E-state index contributed by atoms with van der Waals surface area (Å²) in [6.45, 7) is 0.736. The average Bonchev–Trinajstić information content (AvgIpc) is 3.16. The molecular weight excluding hydrogens is 558 g/mol. The molecule has 2 amide bonds. The van der Waals surface area contributed by atoms with Crippen molar-refractivity contribution in [2.75, 3.05) is 13.4 Å². The number of ether oxygens (including phenoxy) is 1. The predicted molar refractivity (Wildman–Crippen MR) is 123 cm³/mol. The number of amides is 2. The number of hydrogen-bond acceptors (Lipinski definition) is 6. The monoisotopic (exact) mass is 580 g/mol. The van der Waals surface area contributed by atoms with Crippen molar-refractivity contribution in [3.63, 3.8) is 0 Å². The molecule has 0 aliphatic carbocycles. The second-order valence-electron chi connectivity index (χ2n) is 9.00. The van der Waals surface area contributed by atoms with Crippen molar-refractivity contribution in [2.45, 2.75) is 48.1 Å². The number of nitrogens with zero attached hydrogens (tertiary/aromatic N) is 1. The normalized spacial score (nSPS) is 18.0. The van der Waals surface area contributed by atoms with Gasteiger partial charge in [-0.05, 0) is 34.4 Å². The lowest BCUT2D eigenvalue weighted by Crippen LogP contribution is -2.55. The Balaban J connectivity index is 2.32. The molecular formula is C24H22F6N2O6S. The van der Waals surface area contributed by atoms with Crippen molar-refractivity contribution in [3.05, 3.63) is 64.7 Å². The van der Waals surface area contributed by atoms with Crippen molar-refractivity contribution in [3.8, 4) is 0 Å². The fourth-order valence-electron chi connectivity index (χ4n) is 4.86. The first kappa shape index (κ1) is 29.9. The predicted octanol–water partition coefficient (Wildman–Crippen LogP) is 3.11. The molecule has 1 heterocycles. The third-order valence-electron chi connectivity index (χ3n) is 6.77. The number of esters is 1. The van der Waals surface area contributed by atoms with Crippen LogP contribution in [0, 0.1) is 0 Å². The summed E-state index contributed by atoms with van der Waals surface area (Å²) in [5.74, 6) is -3.69. The van der Waals surface area contributed by atoms with Gasteiger partial charge in [-0.25, -0.2) is 8.42 Å². The Kier molecular flexibility index (Phi) is 7.32. The zero-order valence-corrected chi connectivity index (χ0v) is 21.4. The van der Waals surface area contributed by atoms with Crippen LogP contribution in [0.4, 0.5) is 26.3 Å². The van der Waals surface area contributed by atoms with Gasteiger partial charge in [-0.2, -0.15) is 26.3 Å². The Morgan fingerprint density at radius 1 is 1.00 bits per heavy atom. The van der Waals surface area contributed by atoms with E-state index >= 15 is 0 Å². The topological polar surface area (TPSA) is 124 Å². The van der Waals surface area contributed by atoms with E-state index in [0.29, 0.717) is 19.2 Å². The van der Waals surface area contributed by atoms with Gasteiger partial charge in [-0.1, -0.05) is 30.3 Å². The van der Waals surface area contributed by atoms with E-state index in [0.717, 1.165) is 36.3 Å². The summed E-state index contributed by atoms with van der Waals surface area (Å²) < 4.78 is 112. The van der Waals surface area contributed by atoms with Gasteiger partial charge in [-0.3, -0.25) is 14.4 Å². The molecule has 1 atom stereocenters. The molecule has 212 valence electrons. The van der Waals surface area contributed by atoms with Gasteiger partial charge in [0.1, 0.15) is 0 Å². The standard InChI is InChI=1S/C24H22F6N2O6S/c1-13(33)32-12-14-10-17(39(3,36)37)8-9-18(14)22(32,20(31)35)16-6-4-15(5-7-16)21(23(25,26)27,24(28,29)30)11-19(34)38-2/h4-10H,11-12H2,1-3H3,(H2,31,35). The lowest BCUT2D eigenvalue weighted by Gasteiger charge is -2.39. The molecule has 1 unspecified atom stereocenters. The fraction of sp³-hybridized carbons (Fsp3) is 0.375. The molecule has 0 aromatic heterocycles. The van der Waals surface area contributed by atoms with Crippen LogP contribution >= 0.6 is 0 Å². The SMILES string of the molecule is COC(=O)CC(c1ccc(C2(C(N)=O)c3ccc(S(C)(=O)=O)cc3CN2C(C)=O)cc1)(C(F)(F)F)C(F)(F)F. The average molecular weight is 581 g/mol. The maximum absolute atomic E-state index is 14.1. The molecule has 1 aliphatic rings. The van der Waals surface area contributed by atoms with Crippen molar-refractivity contribution in [1.29, 1.82) is 0 Å². The quantitative estimate of drug-likeness (QED) is 0.414. The third kappa shape index (κ3) is 4.61. The summed E-state index contributed by atoms with van der Waals surface area (Å²) in [6.07, 6.45) is -13.2. The van der Waals surface area contributed by atoms with Crippen LogP contribution in [0.2, 0.25) is 0 Å². The summed E-state index contributed by atoms with van der Waals surface area (Å²) in [6, 6.07) is 6.00. The maximum Gasteiger partial charge on any atom is 0.407 e. The molecule has 39 heavy (non-hydrogen) atoms. The molecule has 0 radical (unpaired) electrons. The number of nitrogens with two attached hydrogens (primary N) is 1. The molecule has 2 N–H and O–H groups in total. The Morgan fingerprint density at radius 2 is 1.54 bits per heavy atom. The van der Waals surface area contributed by atoms with Crippen LogP contribution in [-0.4, -0.2) is 56.8 Å². The molecule has 2 aromatic carbocycles. The number of hydrogen-bond donors (Lipinski definition) is 1. The Labute approximate surface area is 218 Å². The Morgan fingerprint density at radius 3 is 1.95 bits per heavy atom. The molecule has 3 rings (SSSR count). The van der Waals surface area contributed by atoms with Crippen molar-refractivity contribution in [2.24, 2.45) is 5.73 Å². The molecule has 0 saturated carbocycles. The van der Waals surface area contributed by atoms with E-state index in [9.17, 15) is 49.1 Å². The van der Waals surface area contributed by atoms with Crippen molar-refractivity contribution >= 4 is 27.6 Å². The van der Waals surface area contributed by atoms with E-state index in [4.69, 9.17) is 5.73 Å². The number of carbonyl (C=O) groups is 3. The fourth-order valence-corrected chi connectivity index (χ4v) is 5.53. The number of benzene rings is 2. The minimum atomic E-state index is -5.99. The molecule has 15 heteroatoms. The van der Waals surface area contributed by atoms with Gasteiger partial charge < -0.3 is 15.4 Å². The number of alkyl halides is 6. The van der Waals surface area contributed by atoms with Crippen LogP contribution < -0.4 is 5.73 Å². The highest BCUT2D eigenvalue weighted by Crippen LogP contribution is 2.55. The third-order valence-corrected chi connectivity index (χ3v) is 7.88. The summed E-state index contributed by atoms with van der Waals surface area (Å²) in [4.78, 5) is 38.0. The van der Waals surface area contributed by atoms with Gasteiger partial charge in [0, 0.05) is 19.7 Å². The number of sulfone groups is 1. The van der Waals surface area contributed by atoms with E-state index in [2.05, 4.69) is 4.74 Å². The Bertz CT molecular complexity index is 1420. The number of methoxy groups -OCH3 is 1. The highest BCUT2D eigenvalue weighted by atomic mass is 32.2. The first-order chi connectivity index (χ1) is 17.7. The second-order valence-corrected chi connectivity index (χ2v) is 11.0. The van der Waals surface area contributed by atoms with Crippen LogP contribution in [0.1, 0.15) is 35.6 Å². The van der Waals surface area contributed by atoms with E-state index in [1.165, 1.54) is 12.1 Å². The number of primary amides is 1. The number of halogens is 6. The zero-order chi connectivity index (χ0) is 29.8. The van der Waals surface area contributed by atoms with Crippen LogP contribution in [0.15, 0.2) is 47.4 Å². The molecule has 1 aliphatic heterocycles. The number of carbonyl (C=O) groups excluding carboxylic acids is 3. The molecule has 8 nitrogen and oxygen atoms in total. The maximum atomic E-state index is 14.1. The van der Waals surface area contributed by atoms with Crippen molar-refractivity contribution < 1.29 is 53.9 Å². The van der Waals surface area contributed by atoms with E-state index in [1.54, 1.807) is 0 Å². The van der Waals surface area contributed by atoms with Gasteiger partial charge in [0.2, 0.25) is 5.91 Å². The van der Waals surface area contributed by atoms with Crippen LogP contribution in [-0.2, 0) is 46.5 Å². The number of rotatable bonds is 6.